The van der Waals surface area contributed by atoms with Gasteiger partial charge in [-0.2, -0.15) is 0 Å². The van der Waals surface area contributed by atoms with Crippen LogP contribution in [0.3, 0.4) is 0 Å². The zero-order valence-electron chi connectivity index (χ0n) is 24.5. The summed E-state index contributed by atoms with van der Waals surface area (Å²) in [5.74, 6) is -2.45. The van der Waals surface area contributed by atoms with Gasteiger partial charge in [0.1, 0.15) is 17.8 Å². The van der Waals surface area contributed by atoms with Crippen molar-refractivity contribution in [2.75, 3.05) is 49.1 Å². The van der Waals surface area contributed by atoms with Crippen molar-refractivity contribution in [3.63, 3.8) is 0 Å². The smallest absolute Gasteiger partial charge is 0.414 e. The number of benzene rings is 1. The second kappa shape index (κ2) is 14.2. The highest BCUT2D eigenvalue weighted by Gasteiger charge is 2.35. The Kier molecular flexibility index (Phi) is 10.4. The fourth-order valence-corrected chi connectivity index (χ4v) is 4.92. The molecule has 2 aliphatic rings. The Morgan fingerprint density at radius 1 is 1.19 bits per heavy atom. The fraction of sp³-hybridized carbons (Fsp3) is 0.467. The number of hydrogen-bond acceptors (Lipinski definition) is 8. The maximum absolute atomic E-state index is 15.3. The summed E-state index contributed by atoms with van der Waals surface area (Å²) in [6.07, 6.45) is 5.31. The van der Waals surface area contributed by atoms with Crippen molar-refractivity contribution in [3.8, 4) is 0 Å². The molecule has 0 saturated carbocycles. The summed E-state index contributed by atoms with van der Waals surface area (Å²) in [4.78, 5) is 50.9. The zero-order valence-corrected chi connectivity index (χ0v) is 24.5. The van der Waals surface area contributed by atoms with E-state index in [4.69, 9.17) is 10.1 Å². The Labute approximate surface area is 249 Å². The van der Waals surface area contributed by atoms with Crippen molar-refractivity contribution in [1.29, 1.82) is 5.41 Å². The van der Waals surface area contributed by atoms with E-state index in [2.05, 4.69) is 15.3 Å². The van der Waals surface area contributed by atoms with Gasteiger partial charge < -0.3 is 25.3 Å². The van der Waals surface area contributed by atoms with Gasteiger partial charge in [0, 0.05) is 50.7 Å². The number of nitrogens with one attached hydrogen (secondary N) is 2. The summed E-state index contributed by atoms with van der Waals surface area (Å²) in [5, 5.41) is 10.0. The zero-order chi connectivity index (χ0) is 31.1. The van der Waals surface area contributed by atoms with Gasteiger partial charge in [0.05, 0.1) is 24.3 Å². The van der Waals surface area contributed by atoms with Gasteiger partial charge in [0.25, 0.3) is 5.91 Å². The number of piperazine rings is 1. The van der Waals surface area contributed by atoms with E-state index in [1.807, 2.05) is 20.8 Å². The van der Waals surface area contributed by atoms with E-state index in [9.17, 15) is 14.4 Å². The number of anilines is 2. The van der Waals surface area contributed by atoms with Crippen LogP contribution in [0.2, 0.25) is 0 Å². The van der Waals surface area contributed by atoms with E-state index in [-0.39, 0.29) is 68.4 Å². The summed E-state index contributed by atoms with van der Waals surface area (Å²) in [5.41, 5.74) is 0.164. The molecular formula is C30H37F2N7O4. The van der Waals surface area contributed by atoms with Crippen molar-refractivity contribution in [1.82, 2.24) is 15.2 Å². The summed E-state index contributed by atoms with van der Waals surface area (Å²) in [6.45, 7) is 6.66. The maximum atomic E-state index is 15.3. The monoisotopic (exact) mass is 597 g/mol. The number of nitrogens with zero attached hydrogens (tertiary/aromatic N) is 5. The summed E-state index contributed by atoms with van der Waals surface area (Å²) >= 11 is 0. The summed E-state index contributed by atoms with van der Waals surface area (Å²) in [6, 6.07) is 4.70. The lowest BCUT2D eigenvalue weighted by Gasteiger charge is -2.38. The van der Waals surface area contributed by atoms with Crippen LogP contribution < -0.4 is 15.1 Å². The van der Waals surface area contributed by atoms with Crippen molar-refractivity contribution >= 4 is 41.7 Å². The molecule has 0 spiro atoms. The first-order chi connectivity index (χ1) is 20.6. The van der Waals surface area contributed by atoms with E-state index in [0.717, 1.165) is 12.1 Å². The molecule has 3 amide bonds. The predicted octanol–water partition coefficient (Wildman–Crippen LogP) is 3.53. The number of cyclic esters (lactones) is 1. The standard InChI is InChI=1S/C30H37F2N7O4/c1-19(2)26(36-28(40)21-5-4-7-34-16-21)29(41)38-11-9-37(10-12-38)27-24(31)13-22(14-25(27)32)39-18-23(43-30(39)42)17-35-8-6-20(3)15-33/h4-5,7-8,13-16,19-20,23,26,33H,6,9-12,17-18H2,1-3H3,(H,36,40). The number of aromatic nitrogens is 1. The average molecular weight is 598 g/mol. The van der Waals surface area contributed by atoms with Gasteiger partial charge in [-0.25, -0.2) is 13.6 Å². The molecule has 3 heterocycles. The topological polar surface area (TPSA) is 131 Å². The van der Waals surface area contributed by atoms with Crippen molar-refractivity contribution in [2.24, 2.45) is 16.8 Å². The van der Waals surface area contributed by atoms with Crippen molar-refractivity contribution < 1.29 is 27.9 Å². The van der Waals surface area contributed by atoms with E-state index >= 15 is 8.78 Å². The third-order valence-electron chi connectivity index (χ3n) is 7.44. The summed E-state index contributed by atoms with van der Waals surface area (Å²) < 4.78 is 35.9. The second-order valence-corrected chi connectivity index (χ2v) is 11.1. The molecule has 0 bridgehead atoms. The lowest BCUT2D eigenvalue weighted by atomic mass is 10.0. The summed E-state index contributed by atoms with van der Waals surface area (Å²) in [7, 11) is 0. The van der Waals surface area contributed by atoms with Gasteiger partial charge in [-0.3, -0.25) is 24.5 Å². The average Bonchev–Trinajstić information content (AvgIpc) is 3.37. The lowest BCUT2D eigenvalue weighted by molar-refractivity contribution is -0.134. The Hall–Kier alpha value is -4.42. The number of halogens is 2. The van der Waals surface area contributed by atoms with Crippen LogP contribution in [-0.4, -0.2) is 91.6 Å². The van der Waals surface area contributed by atoms with Gasteiger partial charge in [0.2, 0.25) is 5.91 Å². The number of hydrogen-bond donors (Lipinski definition) is 2. The number of aliphatic imine (C=N–C) groups is 1. The molecule has 2 aliphatic heterocycles. The third kappa shape index (κ3) is 7.70. The first-order valence-electron chi connectivity index (χ1n) is 14.3. The Morgan fingerprint density at radius 2 is 1.88 bits per heavy atom. The highest BCUT2D eigenvalue weighted by molar-refractivity contribution is 5.97. The van der Waals surface area contributed by atoms with Crippen LogP contribution >= 0.6 is 0 Å². The van der Waals surface area contributed by atoms with Crippen molar-refractivity contribution in [2.45, 2.75) is 39.3 Å². The number of carbonyl (C=O) groups excluding carboxylic acids is 3. The van der Waals surface area contributed by atoms with E-state index in [1.165, 1.54) is 22.2 Å². The van der Waals surface area contributed by atoms with Crippen LogP contribution in [0.15, 0.2) is 41.7 Å². The molecule has 230 valence electrons. The minimum atomic E-state index is -0.825. The molecular weight excluding hydrogens is 560 g/mol. The first kappa shape index (κ1) is 31.5. The van der Waals surface area contributed by atoms with Gasteiger partial charge in [0.15, 0.2) is 11.6 Å². The first-order valence-corrected chi connectivity index (χ1v) is 14.3. The molecule has 2 aromatic rings. The van der Waals surface area contributed by atoms with Crippen LogP contribution in [0.5, 0.6) is 0 Å². The highest BCUT2D eigenvalue weighted by Crippen LogP contribution is 2.32. The molecule has 11 nitrogen and oxygen atoms in total. The third-order valence-corrected chi connectivity index (χ3v) is 7.44. The van der Waals surface area contributed by atoms with Crippen molar-refractivity contribution in [3.05, 3.63) is 53.9 Å². The number of ether oxygens (including phenoxy) is 1. The lowest BCUT2D eigenvalue weighted by Crippen LogP contribution is -2.56. The quantitative estimate of drug-likeness (QED) is 0.381. The van der Waals surface area contributed by atoms with Crippen LogP contribution in [0.25, 0.3) is 0 Å². The molecule has 2 N–H and O–H groups in total. The van der Waals surface area contributed by atoms with Gasteiger partial charge in [-0.1, -0.05) is 20.8 Å². The molecule has 43 heavy (non-hydrogen) atoms. The van der Waals surface area contributed by atoms with E-state index in [0.29, 0.717) is 12.0 Å². The molecule has 3 atom stereocenters. The van der Waals surface area contributed by atoms with Crippen LogP contribution in [0.1, 0.15) is 37.6 Å². The Bertz CT molecular complexity index is 1330. The highest BCUT2D eigenvalue weighted by atomic mass is 19.1. The number of pyridine rings is 1. The normalized spacial score (nSPS) is 18.6. The Balaban J connectivity index is 1.36. The molecule has 1 aromatic carbocycles. The fourth-order valence-electron chi connectivity index (χ4n) is 4.92. The van der Waals surface area contributed by atoms with Gasteiger partial charge >= 0.3 is 6.09 Å². The molecule has 2 fully saturated rings. The largest absolute Gasteiger partial charge is 0.442 e. The molecule has 1 aromatic heterocycles. The molecule has 2 saturated heterocycles. The number of rotatable bonds is 11. The van der Waals surface area contributed by atoms with E-state index in [1.54, 1.807) is 29.4 Å². The molecule has 0 radical (unpaired) electrons. The SMILES string of the molecule is CC(C=N)CC=NCC1CN(c2cc(F)c(N3CCN(C(=O)C(NC(=O)c4cccnc4)C(C)C)CC3)c(F)c2)C(=O)O1. The predicted molar refractivity (Wildman–Crippen MR) is 159 cm³/mol. The van der Waals surface area contributed by atoms with Crippen LogP contribution in [-0.2, 0) is 9.53 Å². The second-order valence-electron chi connectivity index (χ2n) is 11.1. The molecule has 0 aliphatic carbocycles. The number of amides is 3. The van der Waals surface area contributed by atoms with Crippen LogP contribution in [0, 0.1) is 28.9 Å². The van der Waals surface area contributed by atoms with Crippen LogP contribution in [0.4, 0.5) is 25.0 Å². The minimum Gasteiger partial charge on any atom is -0.442 e. The number of carbonyl (C=O) groups is 3. The Morgan fingerprint density at radius 3 is 2.49 bits per heavy atom. The molecule has 4 rings (SSSR count). The molecule has 3 unspecified atom stereocenters. The van der Waals surface area contributed by atoms with Gasteiger partial charge in [-0.05, 0) is 42.8 Å². The van der Waals surface area contributed by atoms with Gasteiger partial charge in [-0.15, -0.1) is 0 Å². The molecule has 13 heteroatoms. The minimum absolute atomic E-state index is 0.0469. The van der Waals surface area contributed by atoms with E-state index < -0.39 is 35.8 Å². The maximum Gasteiger partial charge on any atom is 0.414 e.